The van der Waals surface area contributed by atoms with Gasteiger partial charge in [-0.25, -0.2) is 38.7 Å². The Hall–Kier alpha value is -6.30. The van der Waals surface area contributed by atoms with Crippen LogP contribution in [-0.2, 0) is 51.0 Å². The van der Waals surface area contributed by atoms with Crippen LogP contribution in [0.3, 0.4) is 0 Å². The summed E-state index contributed by atoms with van der Waals surface area (Å²) in [6.07, 6.45) is -9.17. The molecule has 402 valence electrons. The van der Waals surface area contributed by atoms with E-state index in [0.717, 1.165) is 18.3 Å². The third-order valence-corrected chi connectivity index (χ3v) is 13.1. The number of anilines is 2. The monoisotopic (exact) mass is 1080 g/mol. The van der Waals surface area contributed by atoms with Crippen LogP contribution in [0.1, 0.15) is 63.9 Å². The van der Waals surface area contributed by atoms with Crippen molar-refractivity contribution in [3.05, 3.63) is 65.2 Å². The lowest BCUT2D eigenvalue weighted by Gasteiger charge is -2.29. The molecule has 5 aromatic rings. The van der Waals surface area contributed by atoms with E-state index in [1.54, 1.807) is 65.0 Å². The van der Waals surface area contributed by atoms with Crippen molar-refractivity contribution in [1.82, 2.24) is 48.8 Å². The Balaban J connectivity index is 1.16. The number of ether oxygens (including phenoxy) is 4. The van der Waals surface area contributed by atoms with E-state index < -0.39 is 113 Å². The summed E-state index contributed by atoms with van der Waals surface area (Å²) >= 11 is 0. The first-order valence-electron chi connectivity index (χ1n) is 22.7. The number of rotatable bonds is 19. The van der Waals surface area contributed by atoms with Crippen LogP contribution in [0.25, 0.3) is 22.3 Å². The maximum absolute atomic E-state index is 14.1. The van der Waals surface area contributed by atoms with Crippen molar-refractivity contribution < 1.29 is 80.2 Å². The molecular weight excluding hydrogens is 1020 g/mol. The quantitative estimate of drug-likeness (QED) is 0.0647. The summed E-state index contributed by atoms with van der Waals surface area (Å²) in [5, 5.41) is 16.3. The molecule has 2 aliphatic heterocycles. The Bertz CT molecular complexity index is 3010. The minimum absolute atomic E-state index is 0.0124. The highest BCUT2D eigenvalue weighted by Crippen LogP contribution is 2.51. The predicted octanol–water partition coefficient (Wildman–Crippen LogP) is 2.92. The van der Waals surface area contributed by atoms with Gasteiger partial charge in [-0.05, 0) is 32.9 Å². The first-order chi connectivity index (χ1) is 34.8. The van der Waals surface area contributed by atoms with Gasteiger partial charge in [0, 0.05) is 52.2 Å². The lowest BCUT2D eigenvalue weighted by molar-refractivity contribution is -0.119. The van der Waals surface area contributed by atoms with Crippen molar-refractivity contribution in [2.24, 2.45) is 5.92 Å². The van der Waals surface area contributed by atoms with Crippen molar-refractivity contribution in [3.8, 4) is 0 Å². The predicted molar refractivity (Wildman–Crippen MR) is 255 cm³/mol. The Labute approximate surface area is 420 Å². The average molecular weight is 1080 g/mol. The van der Waals surface area contributed by atoms with Gasteiger partial charge in [0.15, 0.2) is 40.5 Å². The number of amides is 4. The molecule has 0 spiro atoms. The summed E-state index contributed by atoms with van der Waals surface area (Å²) in [7, 11) is -6.54. The lowest BCUT2D eigenvalue weighted by Crippen LogP contribution is -2.44. The van der Waals surface area contributed by atoms with E-state index in [2.05, 4.69) is 45.1 Å². The van der Waals surface area contributed by atoms with Crippen molar-refractivity contribution in [3.63, 3.8) is 0 Å². The minimum Gasteiger partial charge on any atom is -0.444 e. The summed E-state index contributed by atoms with van der Waals surface area (Å²) < 4.78 is 73.7. The largest absolute Gasteiger partial charge is 0.472 e. The Kier molecular flexibility index (Phi) is 17.0. The lowest BCUT2D eigenvalue weighted by atomic mass is 10.1. The van der Waals surface area contributed by atoms with E-state index in [9.17, 15) is 48.0 Å². The number of aromatic amines is 1. The molecule has 2 saturated heterocycles. The van der Waals surface area contributed by atoms with Gasteiger partial charge in [-0.3, -0.25) is 51.9 Å². The molecule has 1 aromatic carbocycles. The number of nitrogens with one attached hydrogen (secondary N) is 3. The van der Waals surface area contributed by atoms with E-state index >= 15 is 0 Å². The Morgan fingerprint density at radius 1 is 0.865 bits per heavy atom. The van der Waals surface area contributed by atoms with E-state index in [4.69, 9.17) is 32.5 Å². The van der Waals surface area contributed by atoms with E-state index in [0.29, 0.717) is 5.56 Å². The third kappa shape index (κ3) is 13.3. The fraction of sp³-hybridized carbons (Fsp3) is 0.524. The number of aromatic nitrogens is 8. The zero-order chi connectivity index (χ0) is 53.9. The molecule has 2 aliphatic rings. The van der Waals surface area contributed by atoms with Crippen LogP contribution in [0.15, 0.2) is 54.1 Å². The highest BCUT2D eigenvalue weighted by Gasteiger charge is 2.54. The maximum atomic E-state index is 14.1. The highest BCUT2D eigenvalue weighted by atomic mass is 31.2. The van der Waals surface area contributed by atoms with Crippen LogP contribution < -0.4 is 16.2 Å². The number of phosphoric ester groups is 2. The molecule has 7 rings (SSSR count). The maximum Gasteiger partial charge on any atom is 0.472 e. The summed E-state index contributed by atoms with van der Waals surface area (Å²) in [6, 6.07) is 8.19. The molecule has 74 heavy (non-hydrogen) atoms. The van der Waals surface area contributed by atoms with Crippen LogP contribution in [0.5, 0.6) is 0 Å². The number of nitrogens with zero attached hydrogens (tertiary/aromatic N) is 9. The molecule has 2 fully saturated rings. The second kappa shape index (κ2) is 22.7. The van der Waals surface area contributed by atoms with Crippen LogP contribution in [0.2, 0.25) is 0 Å². The van der Waals surface area contributed by atoms with Crippen LogP contribution in [-0.4, -0.2) is 171 Å². The number of fused-ring (bicyclic) bond motifs is 2. The number of hydrogen-bond donors (Lipinski definition) is 6. The molecule has 0 radical (unpaired) electrons. The van der Waals surface area contributed by atoms with Gasteiger partial charge in [0.05, 0.1) is 32.0 Å². The molecule has 4 aromatic heterocycles. The van der Waals surface area contributed by atoms with Gasteiger partial charge in [0.1, 0.15) is 36.5 Å². The van der Waals surface area contributed by atoms with Gasteiger partial charge < -0.3 is 49.0 Å². The molecule has 0 bridgehead atoms. The molecule has 0 saturated carbocycles. The molecule has 2 unspecified atom stereocenters. The normalized spacial score (nSPS) is 22.6. The number of hydrogen-bond acceptors (Lipinski definition) is 21. The number of imidazole rings is 2. The van der Waals surface area contributed by atoms with Gasteiger partial charge in [-0.1, -0.05) is 32.0 Å². The summed E-state index contributed by atoms with van der Waals surface area (Å²) in [4.78, 5) is 113. The number of aliphatic hydroxyl groups excluding tert-OH is 1. The van der Waals surface area contributed by atoms with Gasteiger partial charge in [0.25, 0.3) is 11.5 Å². The standard InChI is InChI=1S/C42H56N12O18P2/c1-22(2)35(56)49-39-48-34-29(37(58)50-39)46-20-53(34)27-16-24(55)25(68-27)17-67-74(63,64)72-30-26(18-66-73(61,62)65-8)69-38(31(30)70-40(59)51(6)14-15-52(7)41(60)71-42(3,4)5)54-21-45-28-32(43-19-44-33(28)54)47-36(57)23-12-10-9-11-13-23/h9-13,19-22,24-27,30-31,38,55H,14-18H2,1-8H3,(H,61,62)(H,63,64)(H,43,44,47,57)(H2,48,49,50,56,58)/t24-,25+,26+,27+,30+,31+,38+/m0/s1. The fourth-order valence-electron chi connectivity index (χ4n) is 7.31. The number of aliphatic hydroxyl groups is 1. The second-order valence-corrected chi connectivity index (χ2v) is 21.2. The van der Waals surface area contributed by atoms with E-state index in [1.807, 2.05) is 0 Å². The molecule has 6 N–H and O–H groups in total. The van der Waals surface area contributed by atoms with Gasteiger partial charge in [0.2, 0.25) is 11.9 Å². The van der Waals surface area contributed by atoms with Gasteiger partial charge >= 0.3 is 27.8 Å². The zero-order valence-corrected chi connectivity index (χ0v) is 42.9. The molecule has 4 amide bonds. The van der Waals surface area contributed by atoms with E-state index in [-0.39, 0.29) is 53.6 Å². The number of carbonyl (C=O) groups excluding carboxylic acids is 4. The molecular formula is C42H56N12O18P2. The molecule has 9 atom stereocenters. The fourth-order valence-corrected chi connectivity index (χ4v) is 8.71. The van der Waals surface area contributed by atoms with E-state index in [1.165, 1.54) is 40.8 Å². The average Bonchev–Trinajstić information content (AvgIpc) is 4.13. The topological polar surface area (TPSA) is 375 Å². The van der Waals surface area contributed by atoms with Crippen molar-refractivity contribution in [2.45, 2.75) is 89.6 Å². The SMILES string of the molecule is COP(=O)(O)OC[C@H]1O[C@@H](n2cnc3c(NC(=O)c4ccccc4)ncnc32)[C@H](OC(=O)N(C)CCN(C)C(=O)OC(C)(C)C)[C@@H]1OP(=O)(O)OC[C@H]1O[C@@H](n2cnc3c(=O)[nH]c(NC(=O)C(C)C)nc32)C[C@@H]1O. The number of H-pyrrole nitrogens is 1. The zero-order valence-electron chi connectivity index (χ0n) is 41.2. The molecule has 30 nitrogen and oxygen atoms in total. The molecule has 6 heterocycles. The first kappa shape index (κ1) is 55.5. The van der Waals surface area contributed by atoms with Crippen molar-refractivity contribution in [1.29, 1.82) is 0 Å². The Morgan fingerprint density at radius 2 is 1.51 bits per heavy atom. The summed E-state index contributed by atoms with van der Waals surface area (Å²) in [6.45, 7) is 6.43. The van der Waals surface area contributed by atoms with Crippen LogP contribution >= 0.6 is 15.6 Å². The van der Waals surface area contributed by atoms with Crippen molar-refractivity contribution in [2.75, 3.05) is 58.1 Å². The van der Waals surface area contributed by atoms with Crippen molar-refractivity contribution >= 4 is 73.7 Å². The number of benzene rings is 1. The minimum atomic E-state index is -5.41. The third-order valence-electron chi connectivity index (χ3n) is 11.2. The Morgan fingerprint density at radius 3 is 2.19 bits per heavy atom. The van der Waals surface area contributed by atoms with Gasteiger partial charge in [-0.15, -0.1) is 0 Å². The first-order valence-corrected chi connectivity index (χ1v) is 25.7. The summed E-state index contributed by atoms with van der Waals surface area (Å²) in [5.74, 6) is -1.63. The summed E-state index contributed by atoms with van der Waals surface area (Å²) in [5.41, 5.74) is -1.34. The van der Waals surface area contributed by atoms with Crippen LogP contribution in [0, 0.1) is 5.92 Å². The number of carbonyl (C=O) groups is 4. The second-order valence-electron chi connectivity index (χ2n) is 18.2. The molecule has 32 heteroatoms. The van der Waals surface area contributed by atoms with Crippen LogP contribution in [0.4, 0.5) is 21.4 Å². The number of phosphoric acid groups is 2. The highest BCUT2D eigenvalue weighted by molar-refractivity contribution is 7.47. The molecule has 0 aliphatic carbocycles. The number of likely N-dealkylation sites (N-methyl/N-ethyl adjacent to an activating group) is 2. The smallest absolute Gasteiger partial charge is 0.444 e. The van der Waals surface area contributed by atoms with Gasteiger partial charge in [-0.2, -0.15) is 4.98 Å².